The SMILES string of the molecule is CC1(/C=C/c2ccccc2)CC(=O)O1. The number of esters is 1. The predicted molar refractivity (Wildman–Crippen MR) is 54.6 cm³/mol. The van der Waals surface area contributed by atoms with Crippen LogP contribution in [0.25, 0.3) is 6.08 Å². The lowest BCUT2D eigenvalue weighted by atomic mass is 9.95. The zero-order valence-corrected chi connectivity index (χ0v) is 8.07. The van der Waals surface area contributed by atoms with Crippen LogP contribution in [-0.2, 0) is 9.53 Å². The summed E-state index contributed by atoms with van der Waals surface area (Å²) in [4.78, 5) is 10.7. The minimum absolute atomic E-state index is 0.120. The van der Waals surface area contributed by atoms with E-state index in [4.69, 9.17) is 4.74 Å². The summed E-state index contributed by atoms with van der Waals surface area (Å²) in [6, 6.07) is 9.96. The third-order valence-electron chi connectivity index (χ3n) is 2.27. The summed E-state index contributed by atoms with van der Waals surface area (Å²) in [5, 5.41) is 0. The van der Waals surface area contributed by atoms with Crippen molar-refractivity contribution in [3.8, 4) is 0 Å². The zero-order valence-electron chi connectivity index (χ0n) is 8.07. The first-order valence-electron chi connectivity index (χ1n) is 4.64. The van der Waals surface area contributed by atoms with Gasteiger partial charge in [0.2, 0.25) is 0 Å². The van der Waals surface area contributed by atoms with E-state index in [1.54, 1.807) is 0 Å². The highest BCUT2D eigenvalue weighted by Crippen LogP contribution is 2.29. The molecule has 0 bridgehead atoms. The van der Waals surface area contributed by atoms with Crippen molar-refractivity contribution in [3.05, 3.63) is 42.0 Å². The molecular weight excluding hydrogens is 176 g/mol. The fourth-order valence-corrected chi connectivity index (χ4v) is 1.47. The van der Waals surface area contributed by atoms with Crippen LogP contribution >= 0.6 is 0 Å². The van der Waals surface area contributed by atoms with Crippen LogP contribution in [-0.4, -0.2) is 11.6 Å². The van der Waals surface area contributed by atoms with Gasteiger partial charge in [-0.25, -0.2) is 0 Å². The lowest BCUT2D eigenvalue weighted by Crippen LogP contribution is -2.42. The molecule has 14 heavy (non-hydrogen) atoms. The highest BCUT2D eigenvalue weighted by Gasteiger charge is 2.38. The zero-order chi connectivity index (χ0) is 10.0. The van der Waals surface area contributed by atoms with Crippen molar-refractivity contribution < 1.29 is 9.53 Å². The molecule has 1 fully saturated rings. The van der Waals surface area contributed by atoms with Crippen molar-refractivity contribution in [1.82, 2.24) is 0 Å². The topological polar surface area (TPSA) is 26.3 Å². The molecule has 1 atom stereocenters. The molecule has 0 radical (unpaired) electrons. The van der Waals surface area contributed by atoms with Gasteiger partial charge in [-0.1, -0.05) is 36.4 Å². The maximum atomic E-state index is 10.7. The van der Waals surface area contributed by atoms with Crippen molar-refractivity contribution in [2.45, 2.75) is 18.9 Å². The maximum absolute atomic E-state index is 10.7. The van der Waals surface area contributed by atoms with E-state index in [-0.39, 0.29) is 11.6 Å². The third-order valence-corrected chi connectivity index (χ3v) is 2.27. The molecule has 0 saturated carbocycles. The van der Waals surface area contributed by atoms with Crippen LogP contribution in [0.3, 0.4) is 0 Å². The van der Waals surface area contributed by atoms with Crippen molar-refractivity contribution in [1.29, 1.82) is 0 Å². The lowest BCUT2D eigenvalue weighted by Gasteiger charge is -2.34. The van der Waals surface area contributed by atoms with Crippen LogP contribution in [0, 0.1) is 0 Å². The molecule has 1 heterocycles. The van der Waals surface area contributed by atoms with Gasteiger partial charge in [-0.3, -0.25) is 4.79 Å². The summed E-state index contributed by atoms with van der Waals surface area (Å²) in [5.74, 6) is -0.120. The summed E-state index contributed by atoms with van der Waals surface area (Å²) in [5.41, 5.74) is 0.740. The number of carbonyl (C=O) groups excluding carboxylic acids is 1. The second-order valence-electron chi connectivity index (χ2n) is 3.71. The quantitative estimate of drug-likeness (QED) is 0.666. The number of carbonyl (C=O) groups is 1. The Hall–Kier alpha value is -1.57. The van der Waals surface area contributed by atoms with E-state index in [0.29, 0.717) is 6.42 Å². The van der Waals surface area contributed by atoms with E-state index >= 15 is 0 Å². The predicted octanol–water partition coefficient (Wildman–Crippen LogP) is 2.41. The second kappa shape index (κ2) is 3.29. The summed E-state index contributed by atoms with van der Waals surface area (Å²) in [6.07, 6.45) is 4.40. The first-order chi connectivity index (χ1) is 6.68. The number of hydrogen-bond donors (Lipinski definition) is 0. The molecule has 1 aromatic carbocycles. The Labute approximate surface area is 83.2 Å². The molecule has 0 aliphatic carbocycles. The van der Waals surface area contributed by atoms with Crippen molar-refractivity contribution >= 4 is 12.0 Å². The van der Waals surface area contributed by atoms with Crippen LogP contribution in [0.5, 0.6) is 0 Å². The van der Waals surface area contributed by atoms with Gasteiger partial charge in [-0.15, -0.1) is 0 Å². The van der Waals surface area contributed by atoms with Gasteiger partial charge in [0.25, 0.3) is 0 Å². The number of ether oxygens (including phenoxy) is 1. The monoisotopic (exact) mass is 188 g/mol. The number of cyclic esters (lactones) is 1. The van der Waals surface area contributed by atoms with Gasteiger partial charge in [0.05, 0.1) is 6.42 Å². The molecule has 0 spiro atoms. The van der Waals surface area contributed by atoms with Gasteiger partial charge < -0.3 is 4.74 Å². The first-order valence-corrected chi connectivity index (χ1v) is 4.64. The second-order valence-corrected chi connectivity index (χ2v) is 3.71. The average molecular weight is 188 g/mol. The molecule has 0 amide bonds. The minimum Gasteiger partial charge on any atom is -0.454 e. The molecule has 2 rings (SSSR count). The standard InChI is InChI=1S/C12H12O2/c1-12(9-11(13)14-12)8-7-10-5-3-2-4-6-10/h2-8H,9H2,1H3/b8-7+. The van der Waals surface area contributed by atoms with Crippen molar-refractivity contribution in [2.24, 2.45) is 0 Å². The smallest absolute Gasteiger partial charge is 0.311 e. The summed E-state index contributed by atoms with van der Waals surface area (Å²) < 4.78 is 5.02. The molecule has 1 saturated heterocycles. The third kappa shape index (κ3) is 1.84. The van der Waals surface area contributed by atoms with Crippen LogP contribution < -0.4 is 0 Å². The molecule has 1 aromatic rings. The van der Waals surface area contributed by atoms with E-state index in [2.05, 4.69) is 0 Å². The molecule has 0 aromatic heterocycles. The van der Waals surface area contributed by atoms with Gasteiger partial charge >= 0.3 is 5.97 Å². The summed E-state index contributed by atoms with van der Waals surface area (Å²) >= 11 is 0. The Morgan fingerprint density at radius 3 is 2.57 bits per heavy atom. The highest BCUT2D eigenvalue weighted by molar-refractivity contribution is 5.78. The summed E-state index contributed by atoms with van der Waals surface area (Å²) in [6.45, 7) is 1.91. The summed E-state index contributed by atoms with van der Waals surface area (Å²) in [7, 11) is 0. The van der Waals surface area contributed by atoms with Gasteiger partial charge in [0.1, 0.15) is 5.60 Å². The number of benzene rings is 1. The van der Waals surface area contributed by atoms with E-state index in [1.165, 1.54) is 0 Å². The Bertz CT molecular complexity index is 357. The Kier molecular flexibility index (Phi) is 2.12. The van der Waals surface area contributed by atoms with Gasteiger partial charge in [-0.05, 0) is 18.6 Å². The average Bonchev–Trinajstić information content (AvgIpc) is 2.15. The molecule has 1 aliphatic rings. The molecule has 1 aliphatic heterocycles. The van der Waals surface area contributed by atoms with Crippen LogP contribution in [0.1, 0.15) is 18.9 Å². The molecule has 2 heteroatoms. The van der Waals surface area contributed by atoms with Crippen LogP contribution in [0.2, 0.25) is 0 Å². The van der Waals surface area contributed by atoms with E-state index in [9.17, 15) is 4.79 Å². The largest absolute Gasteiger partial charge is 0.454 e. The number of rotatable bonds is 2. The fourth-order valence-electron chi connectivity index (χ4n) is 1.47. The fraction of sp³-hybridized carbons (Fsp3) is 0.250. The minimum atomic E-state index is -0.382. The van der Waals surface area contributed by atoms with Crippen molar-refractivity contribution in [3.63, 3.8) is 0 Å². The van der Waals surface area contributed by atoms with Crippen molar-refractivity contribution in [2.75, 3.05) is 0 Å². The first kappa shape index (κ1) is 9.00. The van der Waals surface area contributed by atoms with E-state index in [1.807, 2.05) is 49.4 Å². The maximum Gasteiger partial charge on any atom is 0.311 e. The van der Waals surface area contributed by atoms with Gasteiger partial charge in [0, 0.05) is 0 Å². The highest BCUT2D eigenvalue weighted by atomic mass is 16.6. The van der Waals surface area contributed by atoms with Crippen LogP contribution in [0.15, 0.2) is 36.4 Å². The molecule has 2 nitrogen and oxygen atoms in total. The molecular formula is C12H12O2. The van der Waals surface area contributed by atoms with Gasteiger partial charge in [0.15, 0.2) is 0 Å². The Balaban J connectivity index is 2.05. The van der Waals surface area contributed by atoms with Crippen LogP contribution in [0.4, 0.5) is 0 Å². The van der Waals surface area contributed by atoms with E-state index < -0.39 is 0 Å². The lowest BCUT2D eigenvalue weighted by molar-refractivity contribution is -0.178. The van der Waals surface area contributed by atoms with Gasteiger partial charge in [-0.2, -0.15) is 0 Å². The molecule has 1 unspecified atom stereocenters. The Morgan fingerprint density at radius 2 is 2.00 bits per heavy atom. The molecule has 72 valence electrons. The molecule has 0 N–H and O–H groups in total. The van der Waals surface area contributed by atoms with E-state index in [0.717, 1.165) is 5.56 Å². The number of hydrogen-bond acceptors (Lipinski definition) is 2. The Morgan fingerprint density at radius 1 is 1.36 bits per heavy atom. The normalized spacial score (nSPS) is 25.9.